The predicted octanol–water partition coefficient (Wildman–Crippen LogP) is 5.96. The van der Waals surface area contributed by atoms with Crippen LogP contribution in [0.4, 0.5) is 17.3 Å². The molecule has 2 aromatic carbocycles. The Hall–Kier alpha value is -4.15. The van der Waals surface area contributed by atoms with Crippen LogP contribution in [0.3, 0.4) is 0 Å². The van der Waals surface area contributed by atoms with Gasteiger partial charge in [0.2, 0.25) is 0 Å². The minimum atomic E-state index is -0.344. The van der Waals surface area contributed by atoms with Crippen molar-refractivity contribution in [3.63, 3.8) is 0 Å². The second-order valence-corrected chi connectivity index (χ2v) is 11.3. The van der Waals surface area contributed by atoms with Crippen molar-refractivity contribution in [3.05, 3.63) is 70.5 Å². The third-order valence-electron chi connectivity index (χ3n) is 5.85. The van der Waals surface area contributed by atoms with Gasteiger partial charge in [-0.2, -0.15) is 0 Å². The number of aromatic nitrogens is 2. The van der Waals surface area contributed by atoms with Gasteiger partial charge in [0, 0.05) is 29.9 Å². The first kappa shape index (κ1) is 29.8. The SMILES string of the molecule is CN(C)CCO/N=C/C1=Cc2c(ncnc2Nc2ccc(Oc3cccc(C(=O)NC(C)(C)C)c3)c(Cl)c2)NCC1. The Balaban J connectivity index is 1.48. The van der Waals surface area contributed by atoms with E-state index in [4.69, 9.17) is 21.2 Å². The summed E-state index contributed by atoms with van der Waals surface area (Å²) in [6, 6.07) is 12.4. The molecular formula is C30H36ClN7O3. The average molecular weight is 578 g/mol. The van der Waals surface area contributed by atoms with Crippen LogP contribution >= 0.6 is 11.6 Å². The van der Waals surface area contributed by atoms with Crippen LogP contribution < -0.4 is 20.7 Å². The van der Waals surface area contributed by atoms with Gasteiger partial charge in [-0.3, -0.25) is 4.79 Å². The molecule has 0 saturated heterocycles. The van der Waals surface area contributed by atoms with E-state index in [1.54, 1.807) is 42.6 Å². The van der Waals surface area contributed by atoms with Crippen LogP contribution in [0.1, 0.15) is 43.1 Å². The number of ether oxygens (including phenoxy) is 1. The summed E-state index contributed by atoms with van der Waals surface area (Å²) in [6.07, 6.45) is 5.99. The van der Waals surface area contributed by atoms with Crippen molar-refractivity contribution in [2.45, 2.75) is 32.7 Å². The van der Waals surface area contributed by atoms with Gasteiger partial charge in [-0.25, -0.2) is 9.97 Å². The zero-order valence-electron chi connectivity index (χ0n) is 24.0. The average Bonchev–Trinajstić information content (AvgIpc) is 3.12. The van der Waals surface area contributed by atoms with E-state index in [9.17, 15) is 4.79 Å². The summed E-state index contributed by atoms with van der Waals surface area (Å²) in [4.78, 5) is 28.8. The molecule has 1 aromatic heterocycles. The van der Waals surface area contributed by atoms with Crippen molar-refractivity contribution in [1.29, 1.82) is 0 Å². The maximum Gasteiger partial charge on any atom is 0.251 e. The van der Waals surface area contributed by atoms with E-state index in [0.29, 0.717) is 41.1 Å². The Labute approximate surface area is 245 Å². The lowest BCUT2D eigenvalue weighted by Gasteiger charge is -2.20. The number of anilines is 3. The molecule has 4 rings (SSSR count). The van der Waals surface area contributed by atoms with Crippen molar-refractivity contribution >= 4 is 47.1 Å². The number of carbonyl (C=O) groups is 1. The number of hydrogen-bond acceptors (Lipinski definition) is 9. The van der Waals surface area contributed by atoms with Crippen LogP contribution in [-0.2, 0) is 4.84 Å². The fourth-order valence-corrected chi connectivity index (χ4v) is 4.10. The predicted molar refractivity (Wildman–Crippen MR) is 165 cm³/mol. The summed E-state index contributed by atoms with van der Waals surface area (Å²) in [5, 5.41) is 14.2. The number of nitrogens with zero attached hydrogens (tertiary/aromatic N) is 4. The van der Waals surface area contributed by atoms with Crippen molar-refractivity contribution in [2.75, 3.05) is 44.4 Å². The van der Waals surface area contributed by atoms with Crippen molar-refractivity contribution in [1.82, 2.24) is 20.2 Å². The molecule has 0 aliphatic carbocycles. The zero-order valence-corrected chi connectivity index (χ0v) is 24.7. The first-order valence-electron chi connectivity index (χ1n) is 13.3. The Morgan fingerprint density at radius 3 is 2.78 bits per heavy atom. The van der Waals surface area contributed by atoms with E-state index < -0.39 is 0 Å². The minimum absolute atomic E-state index is 0.174. The van der Waals surface area contributed by atoms with Gasteiger partial charge < -0.3 is 30.4 Å². The number of hydrogen-bond donors (Lipinski definition) is 3. The summed E-state index contributed by atoms with van der Waals surface area (Å²) in [5.74, 6) is 2.13. The molecule has 3 aromatic rings. The molecule has 1 aliphatic heterocycles. The summed E-state index contributed by atoms with van der Waals surface area (Å²) >= 11 is 6.59. The van der Waals surface area contributed by atoms with Crippen LogP contribution in [-0.4, -0.2) is 66.3 Å². The minimum Gasteiger partial charge on any atom is -0.456 e. The maximum atomic E-state index is 12.6. The number of halogens is 1. The van der Waals surface area contributed by atoms with E-state index in [1.165, 1.54) is 6.33 Å². The third-order valence-corrected chi connectivity index (χ3v) is 6.15. The quantitative estimate of drug-likeness (QED) is 0.154. The van der Waals surface area contributed by atoms with E-state index in [1.807, 2.05) is 51.9 Å². The topological polar surface area (TPSA) is 113 Å². The molecule has 0 bridgehead atoms. The summed E-state index contributed by atoms with van der Waals surface area (Å²) in [7, 11) is 3.97. The monoisotopic (exact) mass is 577 g/mol. The normalized spacial score (nSPS) is 13.2. The van der Waals surface area contributed by atoms with E-state index >= 15 is 0 Å². The summed E-state index contributed by atoms with van der Waals surface area (Å²) in [5.41, 5.74) is 2.67. The highest BCUT2D eigenvalue weighted by Crippen LogP contribution is 2.34. The molecule has 2 heterocycles. The molecule has 0 radical (unpaired) electrons. The number of nitrogens with one attached hydrogen (secondary N) is 3. The number of likely N-dealkylation sites (N-methyl/N-ethyl adjacent to an activating group) is 1. The second-order valence-electron chi connectivity index (χ2n) is 10.9. The highest BCUT2D eigenvalue weighted by Gasteiger charge is 2.17. The van der Waals surface area contributed by atoms with Crippen LogP contribution in [0.2, 0.25) is 5.02 Å². The molecule has 10 nitrogen and oxygen atoms in total. The largest absolute Gasteiger partial charge is 0.456 e. The third kappa shape index (κ3) is 8.92. The van der Waals surface area contributed by atoms with Gasteiger partial charge in [0.25, 0.3) is 5.91 Å². The lowest BCUT2D eigenvalue weighted by atomic mass is 10.1. The van der Waals surface area contributed by atoms with Gasteiger partial charge in [-0.15, -0.1) is 0 Å². The molecule has 1 amide bonds. The zero-order chi connectivity index (χ0) is 29.4. The molecule has 41 heavy (non-hydrogen) atoms. The van der Waals surface area contributed by atoms with Crippen LogP contribution in [0.5, 0.6) is 11.5 Å². The van der Waals surface area contributed by atoms with Gasteiger partial charge in [-0.05, 0) is 89.3 Å². The number of fused-ring (bicyclic) bond motifs is 1. The van der Waals surface area contributed by atoms with Gasteiger partial charge >= 0.3 is 0 Å². The van der Waals surface area contributed by atoms with E-state index in [0.717, 1.165) is 35.6 Å². The Morgan fingerprint density at radius 2 is 2.02 bits per heavy atom. The van der Waals surface area contributed by atoms with Gasteiger partial charge in [0.15, 0.2) is 0 Å². The molecule has 0 unspecified atom stereocenters. The summed E-state index contributed by atoms with van der Waals surface area (Å²) < 4.78 is 6.01. The molecule has 1 aliphatic rings. The highest BCUT2D eigenvalue weighted by atomic mass is 35.5. The molecule has 0 atom stereocenters. The fourth-order valence-electron chi connectivity index (χ4n) is 3.88. The second kappa shape index (κ2) is 13.5. The Morgan fingerprint density at radius 1 is 1.20 bits per heavy atom. The Bertz CT molecular complexity index is 1430. The smallest absolute Gasteiger partial charge is 0.251 e. The van der Waals surface area contributed by atoms with Crippen molar-refractivity contribution in [3.8, 4) is 11.5 Å². The number of oxime groups is 1. The molecular weight excluding hydrogens is 542 g/mol. The molecule has 216 valence electrons. The van der Waals surface area contributed by atoms with E-state index in [-0.39, 0.29) is 11.4 Å². The Kier molecular flexibility index (Phi) is 9.80. The standard InChI is InChI=1S/C30H36ClN7O3/c1-30(2,3)37-29(39)21-7-6-8-23(16-21)41-26-10-9-22(17-25(26)31)36-28-24-15-20(18-35-40-14-13-38(4)5)11-12-32-27(24)33-19-34-28/h6-10,15-19H,11-14H2,1-5H3,(H,37,39)(H2,32,33,34,36)/b35-18+. The number of amides is 1. The maximum absolute atomic E-state index is 12.6. The first-order valence-corrected chi connectivity index (χ1v) is 13.7. The van der Waals surface area contributed by atoms with Crippen LogP contribution in [0.15, 0.2) is 59.5 Å². The number of carbonyl (C=O) groups excluding carboxylic acids is 1. The fraction of sp³-hybridized carbons (Fsp3) is 0.333. The lowest BCUT2D eigenvalue weighted by Crippen LogP contribution is -2.40. The molecule has 11 heteroatoms. The molecule has 3 N–H and O–H groups in total. The van der Waals surface area contributed by atoms with E-state index in [2.05, 4.69) is 31.1 Å². The highest BCUT2D eigenvalue weighted by molar-refractivity contribution is 6.32. The first-order chi connectivity index (χ1) is 19.6. The van der Waals surface area contributed by atoms with Gasteiger partial charge in [-0.1, -0.05) is 22.8 Å². The number of benzene rings is 2. The van der Waals surface area contributed by atoms with Crippen LogP contribution in [0.25, 0.3) is 6.08 Å². The van der Waals surface area contributed by atoms with Crippen LogP contribution in [0, 0.1) is 0 Å². The molecule has 0 saturated carbocycles. The molecule has 0 fully saturated rings. The summed E-state index contributed by atoms with van der Waals surface area (Å²) in [6.45, 7) is 7.81. The lowest BCUT2D eigenvalue weighted by molar-refractivity contribution is 0.0919. The van der Waals surface area contributed by atoms with Gasteiger partial charge in [0.05, 0.1) is 16.8 Å². The van der Waals surface area contributed by atoms with Crippen molar-refractivity contribution < 1.29 is 14.4 Å². The van der Waals surface area contributed by atoms with Gasteiger partial charge in [0.1, 0.15) is 36.1 Å². The molecule has 0 spiro atoms. The number of rotatable bonds is 10. The van der Waals surface area contributed by atoms with Crippen molar-refractivity contribution in [2.24, 2.45) is 5.16 Å².